The Morgan fingerprint density at radius 2 is 2.07 bits per heavy atom. The monoisotopic (exact) mass is 199 g/mol. The van der Waals surface area contributed by atoms with E-state index >= 15 is 0 Å². The third-order valence-corrected chi connectivity index (χ3v) is 1.75. The topological polar surface area (TPSA) is 21.3 Å². The van der Waals surface area contributed by atoms with Crippen LogP contribution < -0.4 is 5.32 Å². The number of rotatable bonds is 8. The summed E-state index contributed by atoms with van der Waals surface area (Å²) in [6.45, 7) is 12.4. The Morgan fingerprint density at radius 3 is 2.64 bits per heavy atom. The smallest absolute Gasteiger partial charge is 0.0489 e. The van der Waals surface area contributed by atoms with Crippen molar-refractivity contribution >= 4 is 0 Å². The average molecular weight is 199 g/mol. The molecule has 0 unspecified atom stereocenters. The lowest BCUT2D eigenvalue weighted by atomic mass is 10.2. The van der Waals surface area contributed by atoms with Gasteiger partial charge < -0.3 is 10.1 Å². The molecule has 1 N–H and O–H groups in total. The Kier molecular flexibility index (Phi) is 9.00. The first kappa shape index (κ1) is 13.7. The maximum Gasteiger partial charge on any atom is 0.0489 e. The van der Waals surface area contributed by atoms with E-state index in [0.29, 0.717) is 5.92 Å². The van der Waals surface area contributed by atoms with Crippen molar-refractivity contribution in [1.82, 2.24) is 5.32 Å². The largest absolute Gasteiger partial charge is 0.381 e. The third kappa shape index (κ3) is 11.7. The molecule has 0 aliphatic carbocycles. The molecule has 0 rings (SSSR count). The number of hydrogen-bond acceptors (Lipinski definition) is 2. The van der Waals surface area contributed by atoms with E-state index < -0.39 is 0 Å². The van der Waals surface area contributed by atoms with Crippen molar-refractivity contribution in [2.75, 3.05) is 26.3 Å². The lowest BCUT2D eigenvalue weighted by Crippen LogP contribution is -2.17. The van der Waals surface area contributed by atoms with Gasteiger partial charge in [0.05, 0.1) is 0 Å². The molecule has 0 saturated carbocycles. The van der Waals surface area contributed by atoms with Crippen LogP contribution in [0.4, 0.5) is 0 Å². The van der Waals surface area contributed by atoms with E-state index in [-0.39, 0.29) is 0 Å². The van der Waals surface area contributed by atoms with Crippen molar-refractivity contribution in [1.29, 1.82) is 0 Å². The molecule has 0 saturated heterocycles. The normalized spacial score (nSPS) is 10.6. The highest BCUT2D eigenvalue weighted by Gasteiger charge is 1.92. The summed E-state index contributed by atoms with van der Waals surface area (Å²) in [5.41, 5.74) is 1.37. The molecule has 0 amide bonds. The number of allylic oxidation sites excluding steroid dienone is 1. The Bertz CT molecular complexity index is 148. The average Bonchev–Trinajstić information content (AvgIpc) is 2.08. The molecular formula is C12H25NO. The van der Waals surface area contributed by atoms with Crippen LogP contribution in [-0.4, -0.2) is 26.3 Å². The zero-order valence-electron chi connectivity index (χ0n) is 10.1. The van der Waals surface area contributed by atoms with Gasteiger partial charge in [-0.3, -0.25) is 0 Å². The van der Waals surface area contributed by atoms with Gasteiger partial charge in [-0.1, -0.05) is 25.5 Å². The molecule has 0 aliphatic heterocycles. The summed E-state index contributed by atoms with van der Waals surface area (Å²) in [5.74, 6) is 0.647. The van der Waals surface area contributed by atoms with Crippen molar-refractivity contribution in [3.8, 4) is 0 Å². The molecule has 0 aromatic heterocycles. The number of hydrogen-bond donors (Lipinski definition) is 1. The number of ether oxygens (including phenoxy) is 1. The molecule has 0 aromatic rings. The number of nitrogens with one attached hydrogen (secondary N) is 1. The zero-order chi connectivity index (χ0) is 10.8. The lowest BCUT2D eigenvalue weighted by Gasteiger charge is -2.06. The van der Waals surface area contributed by atoms with Gasteiger partial charge in [-0.05, 0) is 32.7 Å². The van der Waals surface area contributed by atoms with Crippen LogP contribution >= 0.6 is 0 Å². The standard InChI is InChI=1S/C12H25NO/c1-11(2)6-8-13-7-5-9-14-10-12(3)4/h6,12-13H,5,7-10H2,1-4H3. The predicted octanol–water partition coefficient (Wildman–Crippen LogP) is 2.60. The van der Waals surface area contributed by atoms with E-state index in [0.717, 1.165) is 32.7 Å². The SMILES string of the molecule is CC(C)=CCNCCCOCC(C)C. The van der Waals surface area contributed by atoms with Crippen LogP contribution in [0.3, 0.4) is 0 Å². The zero-order valence-corrected chi connectivity index (χ0v) is 10.1. The molecule has 0 aromatic carbocycles. The van der Waals surface area contributed by atoms with Gasteiger partial charge in [0.1, 0.15) is 0 Å². The fourth-order valence-electron chi connectivity index (χ4n) is 0.997. The van der Waals surface area contributed by atoms with E-state index in [1.165, 1.54) is 5.57 Å². The van der Waals surface area contributed by atoms with Crippen molar-refractivity contribution in [2.24, 2.45) is 5.92 Å². The second kappa shape index (κ2) is 9.22. The van der Waals surface area contributed by atoms with Gasteiger partial charge in [-0.2, -0.15) is 0 Å². The van der Waals surface area contributed by atoms with E-state index in [2.05, 4.69) is 39.1 Å². The molecule has 84 valence electrons. The molecule has 0 heterocycles. The van der Waals surface area contributed by atoms with Crippen LogP contribution in [0.5, 0.6) is 0 Å². The molecule has 0 spiro atoms. The second-order valence-corrected chi connectivity index (χ2v) is 4.31. The molecule has 0 radical (unpaired) electrons. The van der Waals surface area contributed by atoms with Crippen LogP contribution in [0.1, 0.15) is 34.1 Å². The molecule has 2 heteroatoms. The third-order valence-electron chi connectivity index (χ3n) is 1.75. The summed E-state index contributed by atoms with van der Waals surface area (Å²) >= 11 is 0. The summed E-state index contributed by atoms with van der Waals surface area (Å²) in [6, 6.07) is 0. The van der Waals surface area contributed by atoms with Crippen molar-refractivity contribution < 1.29 is 4.74 Å². The van der Waals surface area contributed by atoms with Crippen LogP contribution in [0.25, 0.3) is 0 Å². The highest BCUT2D eigenvalue weighted by atomic mass is 16.5. The van der Waals surface area contributed by atoms with Gasteiger partial charge in [0.15, 0.2) is 0 Å². The first-order valence-corrected chi connectivity index (χ1v) is 5.54. The Morgan fingerprint density at radius 1 is 1.36 bits per heavy atom. The molecule has 0 fully saturated rings. The lowest BCUT2D eigenvalue weighted by molar-refractivity contribution is 0.108. The summed E-state index contributed by atoms with van der Waals surface area (Å²) in [7, 11) is 0. The summed E-state index contributed by atoms with van der Waals surface area (Å²) in [5, 5.41) is 3.35. The minimum absolute atomic E-state index is 0.647. The first-order valence-electron chi connectivity index (χ1n) is 5.54. The maximum absolute atomic E-state index is 5.47. The van der Waals surface area contributed by atoms with Crippen LogP contribution in [-0.2, 0) is 4.74 Å². The minimum Gasteiger partial charge on any atom is -0.381 e. The Balaban J connectivity index is 3.03. The van der Waals surface area contributed by atoms with E-state index in [1.54, 1.807) is 0 Å². The van der Waals surface area contributed by atoms with Gasteiger partial charge in [0.25, 0.3) is 0 Å². The fourth-order valence-corrected chi connectivity index (χ4v) is 0.997. The van der Waals surface area contributed by atoms with Gasteiger partial charge in [0.2, 0.25) is 0 Å². The van der Waals surface area contributed by atoms with Gasteiger partial charge in [-0.25, -0.2) is 0 Å². The summed E-state index contributed by atoms with van der Waals surface area (Å²) in [4.78, 5) is 0. The van der Waals surface area contributed by atoms with Gasteiger partial charge in [0, 0.05) is 19.8 Å². The molecule has 0 aliphatic rings. The van der Waals surface area contributed by atoms with Gasteiger partial charge >= 0.3 is 0 Å². The van der Waals surface area contributed by atoms with Crippen LogP contribution in [0, 0.1) is 5.92 Å². The highest BCUT2D eigenvalue weighted by molar-refractivity contribution is 4.94. The van der Waals surface area contributed by atoms with E-state index in [9.17, 15) is 0 Å². The first-order chi connectivity index (χ1) is 6.63. The van der Waals surface area contributed by atoms with Crippen LogP contribution in [0.15, 0.2) is 11.6 Å². The predicted molar refractivity (Wildman–Crippen MR) is 62.6 cm³/mol. The van der Waals surface area contributed by atoms with Crippen molar-refractivity contribution in [3.05, 3.63) is 11.6 Å². The minimum atomic E-state index is 0.647. The molecule has 0 bridgehead atoms. The van der Waals surface area contributed by atoms with Crippen molar-refractivity contribution in [3.63, 3.8) is 0 Å². The Hall–Kier alpha value is -0.340. The summed E-state index contributed by atoms with van der Waals surface area (Å²) in [6.07, 6.45) is 3.30. The summed E-state index contributed by atoms with van der Waals surface area (Å²) < 4.78 is 5.47. The molecule has 14 heavy (non-hydrogen) atoms. The van der Waals surface area contributed by atoms with E-state index in [4.69, 9.17) is 4.74 Å². The maximum atomic E-state index is 5.47. The highest BCUT2D eigenvalue weighted by Crippen LogP contribution is 1.92. The Labute approximate surface area is 88.7 Å². The molecule has 0 atom stereocenters. The quantitative estimate of drug-likeness (QED) is 0.479. The van der Waals surface area contributed by atoms with Crippen LogP contribution in [0.2, 0.25) is 0 Å². The van der Waals surface area contributed by atoms with Gasteiger partial charge in [-0.15, -0.1) is 0 Å². The van der Waals surface area contributed by atoms with E-state index in [1.807, 2.05) is 0 Å². The second-order valence-electron chi connectivity index (χ2n) is 4.31. The fraction of sp³-hybridized carbons (Fsp3) is 0.833. The van der Waals surface area contributed by atoms with Crippen molar-refractivity contribution in [2.45, 2.75) is 34.1 Å². The molecular weight excluding hydrogens is 174 g/mol. The molecule has 2 nitrogen and oxygen atoms in total.